The van der Waals surface area contributed by atoms with Crippen molar-refractivity contribution in [1.82, 2.24) is 14.2 Å². The maximum absolute atomic E-state index is 13.7. The van der Waals surface area contributed by atoms with Crippen molar-refractivity contribution in [2.75, 3.05) is 50.8 Å². The summed E-state index contributed by atoms with van der Waals surface area (Å²) < 4.78 is 33.9. The lowest BCUT2D eigenvalue weighted by Gasteiger charge is -2.25. The molecule has 1 aliphatic heterocycles. The number of sulfonamides is 1. The summed E-state index contributed by atoms with van der Waals surface area (Å²) in [5, 5.41) is 0.615. The fraction of sp³-hybridized carbons (Fsp3) is 0.462. The first-order valence-electron chi connectivity index (χ1n) is 12.5. The fourth-order valence-corrected chi connectivity index (χ4v) is 6.87. The summed E-state index contributed by atoms with van der Waals surface area (Å²) in [5.74, 6) is 0.576. The first-order chi connectivity index (χ1) is 17.4. The van der Waals surface area contributed by atoms with Gasteiger partial charge in [0, 0.05) is 31.7 Å². The van der Waals surface area contributed by atoms with Gasteiger partial charge in [0.25, 0.3) is 5.91 Å². The molecule has 0 atom stereocenters. The number of benzene rings is 2. The van der Waals surface area contributed by atoms with Crippen molar-refractivity contribution in [2.45, 2.75) is 38.5 Å². The highest BCUT2D eigenvalue weighted by Crippen LogP contribution is 2.32. The zero-order valence-electron chi connectivity index (χ0n) is 21.6. The molecule has 1 aliphatic rings. The van der Waals surface area contributed by atoms with Gasteiger partial charge >= 0.3 is 0 Å². The van der Waals surface area contributed by atoms with Gasteiger partial charge in [0.05, 0.1) is 21.7 Å². The predicted octanol–water partition coefficient (Wildman–Crippen LogP) is 4.89. The predicted molar refractivity (Wildman–Crippen MR) is 152 cm³/mol. The first kappa shape index (κ1) is 29.3. The number of thiazole rings is 1. The van der Waals surface area contributed by atoms with Crippen molar-refractivity contribution < 1.29 is 17.9 Å². The molecular weight excluding hydrogens is 532 g/mol. The van der Waals surface area contributed by atoms with E-state index in [1.54, 1.807) is 17.0 Å². The van der Waals surface area contributed by atoms with E-state index in [2.05, 4.69) is 18.7 Å². The summed E-state index contributed by atoms with van der Waals surface area (Å²) in [4.78, 5) is 22.6. The molecule has 2 aromatic carbocycles. The minimum Gasteiger partial charge on any atom is -0.494 e. The Morgan fingerprint density at radius 2 is 1.70 bits per heavy atom. The van der Waals surface area contributed by atoms with Gasteiger partial charge in [-0.15, -0.1) is 12.4 Å². The van der Waals surface area contributed by atoms with Crippen LogP contribution < -0.4 is 9.64 Å². The van der Waals surface area contributed by atoms with Crippen molar-refractivity contribution in [3.8, 4) is 5.75 Å². The lowest BCUT2D eigenvalue weighted by Crippen LogP contribution is -2.38. The third kappa shape index (κ3) is 6.61. The number of likely N-dealkylation sites (N-methyl/N-ethyl adjacent to an activating group) is 1. The molecule has 11 heteroatoms. The van der Waals surface area contributed by atoms with Crippen LogP contribution >= 0.6 is 23.7 Å². The highest BCUT2D eigenvalue weighted by molar-refractivity contribution is 7.89. The van der Waals surface area contributed by atoms with Gasteiger partial charge < -0.3 is 9.64 Å². The Morgan fingerprint density at radius 3 is 2.32 bits per heavy atom. The smallest absolute Gasteiger partial charge is 0.260 e. The Balaban J connectivity index is 0.00000380. The van der Waals surface area contributed by atoms with E-state index in [9.17, 15) is 13.2 Å². The highest BCUT2D eigenvalue weighted by Gasteiger charge is 2.28. The van der Waals surface area contributed by atoms with Crippen molar-refractivity contribution >= 4 is 55.0 Å². The molecule has 0 saturated carbocycles. The fourth-order valence-electron chi connectivity index (χ4n) is 4.33. The molecule has 1 saturated heterocycles. The second-order valence-corrected chi connectivity index (χ2v) is 11.6. The standard InChI is InChI=1S/C26H34N4O4S2.ClH/c1-4-28(5-2)17-18-30(26-27-23-14-11-21(34-6-3)19-24(23)35-26)25(31)20-9-12-22(13-10-20)36(32,33)29-15-7-8-16-29;/h9-14,19H,4-8,15-18H2,1-3H3;1H. The van der Waals surface area contributed by atoms with E-state index in [0.29, 0.717) is 43.5 Å². The van der Waals surface area contributed by atoms with E-state index >= 15 is 0 Å². The molecule has 37 heavy (non-hydrogen) atoms. The van der Waals surface area contributed by atoms with Crippen molar-refractivity contribution in [3.05, 3.63) is 48.0 Å². The lowest BCUT2D eigenvalue weighted by molar-refractivity contribution is 0.0983. The molecule has 0 bridgehead atoms. The molecule has 0 spiro atoms. The van der Waals surface area contributed by atoms with Crippen LogP contribution in [0.3, 0.4) is 0 Å². The second-order valence-electron chi connectivity index (χ2n) is 8.68. The van der Waals surface area contributed by atoms with Crippen LogP contribution in [-0.4, -0.2) is 74.4 Å². The van der Waals surface area contributed by atoms with Gasteiger partial charge in [-0.1, -0.05) is 25.2 Å². The van der Waals surface area contributed by atoms with Crippen molar-refractivity contribution in [1.29, 1.82) is 0 Å². The largest absolute Gasteiger partial charge is 0.494 e. The zero-order valence-corrected chi connectivity index (χ0v) is 24.0. The summed E-state index contributed by atoms with van der Waals surface area (Å²) in [7, 11) is -3.53. The number of rotatable bonds is 11. The third-order valence-electron chi connectivity index (χ3n) is 6.47. The Kier molecular flexibility index (Phi) is 10.3. The molecule has 3 aromatic rings. The Labute approximate surface area is 229 Å². The van der Waals surface area contributed by atoms with Crippen LogP contribution in [0.25, 0.3) is 10.2 Å². The molecule has 0 N–H and O–H groups in total. The quantitative estimate of drug-likeness (QED) is 0.329. The van der Waals surface area contributed by atoms with Crippen LogP contribution in [-0.2, 0) is 10.0 Å². The van der Waals surface area contributed by atoms with Gasteiger partial charge in [-0.3, -0.25) is 9.69 Å². The minimum atomic E-state index is -3.53. The Morgan fingerprint density at radius 1 is 1.03 bits per heavy atom. The average molecular weight is 567 g/mol. The number of carbonyl (C=O) groups excluding carboxylic acids is 1. The number of fused-ring (bicyclic) bond motifs is 1. The Bertz CT molecular complexity index is 1290. The van der Waals surface area contributed by atoms with Gasteiger partial charge in [-0.2, -0.15) is 4.31 Å². The maximum atomic E-state index is 13.7. The second kappa shape index (κ2) is 13.0. The molecule has 8 nitrogen and oxygen atoms in total. The summed E-state index contributed by atoms with van der Waals surface area (Å²) in [6.07, 6.45) is 1.76. The number of carbonyl (C=O) groups is 1. The molecule has 0 unspecified atom stereocenters. The number of nitrogens with zero attached hydrogens (tertiary/aromatic N) is 4. The minimum absolute atomic E-state index is 0. The van der Waals surface area contributed by atoms with Crippen LogP contribution in [0.15, 0.2) is 47.4 Å². The summed E-state index contributed by atoms with van der Waals surface area (Å²) in [5.41, 5.74) is 1.25. The summed E-state index contributed by atoms with van der Waals surface area (Å²) in [6, 6.07) is 12.0. The molecule has 1 aromatic heterocycles. The lowest BCUT2D eigenvalue weighted by atomic mass is 10.2. The monoisotopic (exact) mass is 566 g/mol. The van der Waals surface area contributed by atoms with E-state index in [1.165, 1.54) is 27.8 Å². The van der Waals surface area contributed by atoms with Crippen LogP contribution in [0.5, 0.6) is 5.75 Å². The summed E-state index contributed by atoms with van der Waals surface area (Å²) in [6.45, 7) is 10.8. The normalized spacial score (nSPS) is 14.2. The number of anilines is 1. The van der Waals surface area contributed by atoms with Gasteiger partial charge in [0.1, 0.15) is 5.75 Å². The molecule has 202 valence electrons. The molecule has 2 heterocycles. The van der Waals surface area contributed by atoms with E-state index in [0.717, 1.165) is 41.9 Å². The van der Waals surface area contributed by atoms with Gasteiger partial charge in [0.2, 0.25) is 10.0 Å². The molecule has 0 radical (unpaired) electrons. The highest BCUT2D eigenvalue weighted by atomic mass is 35.5. The number of ether oxygens (including phenoxy) is 1. The number of halogens is 1. The van der Waals surface area contributed by atoms with E-state index in [1.807, 2.05) is 25.1 Å². The number of hydrogen-bond acceptors (Lipinski definition) is 7. The van der Waals surface area contributed by atoms with Gasteiger partial charge in [-0.05, 0) is 75.3 Å². The SMILES string of the molecule is CCOc1ccc2nc(N(CCN(CC)CC)C(=O)c3ccc(S(=O)(=O)N4CCCC4)cc3)sc2c1.Cl. The topological polar surface area (TPSA) is 83.0 Å². The van der Waals surface area contributed by atoms with Crippen LogP contribution in [0, 0.1) is 0 Å². The number of hydrogen-bond donors (Lipinski definition) is 0. The third-order valence-corrected chi connectivity index (χ3v) is 9.43. The molecule has 0 aliphatic carbocycles. The van der Waals surface area contributed by atoms with E-state index in [-0.39, 0.29) is 23.2 Å². The number of aromatic nitrogens is 1. The first-order valence-corrected chi connectivity index (χ1v) is 14.8. The van der Waals surface area contributed by atoms with Crippen LogP contribution in [0.2, 0.25) is 0 Å². The van der Waals surface area contributed by atoms with Gasteiger partial charge in [0.15, 0.2) is 5.13 Å². The average Bonchev–Trinajstić information content (AvgIpc) is 3.57. The van der Waals surface area contributed by atoms with Crippen molar-refractivity contribution in [3.63, 3.8) is 0 Å². The van der Waals surface area contributed by atoms with Crippen LogP contribution in [0.4, 0.5) is 5.13 Å². The number of amides is 1. The summed E-state index contributed by atoms with van der Waals surface area (Å²) >= 11 is 1.45. The van der Waals surface area contributed by atoms with E-state index < -0.39 is 10.0 Å². The van der Waals surface area contributed by atoms with E-state index in [4.69, 9.17) is 9.72 Å². The van der Waals surface area contributed by atoms with Crippen molar-refractivity contribution in [2.24, 2.45) is 0 Å². The maximum Gasteiger partial charge on any atom is 0.260 e. The molecule has 1 fully saturated rings. The van der Waals surface area contributed by atoms with Crippen LogP contribution in [0.1, 0.15) is 44.0 Å². The zero-order chi connectivity index (χ0) is 25.7. The molecule has 1 amide bonds. The molecular formula is C26H35ClN4O4S2. The van der Waals surface area contributed by atoms with Gasteiger partial charge in [-0.25, -0.2) is 13.4 Å². The Hall–Kier alpha value is -2.24. The molecule has 4 rings (SSSR count).